The van der Waals surface area contributed by atoms with Gasteiger partial charge < -0.3 is 10.2 Å². The van der Waals surface area contributed by atoms with Crippen LogP contribution in [0.5, 0.6) is 0 Å². The molecule has 4 fully saturated rings. The maximum absolute atomic E-state index is 13.4. The highest BCUT2D eigenvalue weighted by molar-refractivity contribution is 5.89. The maximum Gasteiger partial charge on any atom is 0.165 e. The maximum atomic E-state index is 13.4. The Morgan fingerprint density at radius 3 is 2.34 bits per heavy atom. The van der Waals surface area contributed by atoms with Crippen LogP contribution in [0.15, 0.2) is 0 Å². The van der Waals surface area contributed by atoms with E-state index in [1.807, 2.05) is 0 Å². The van der Waals surface area contributed by atoms with Gasteiger partial charge in [0.2, 0.25) is 0 Å². The monoisotopic (exact) mass is 446 g/mol. The van der Waals surface area contributed by atoms with Crippen LogP contribution >= 0.6 is 0 Å². The van der Waals surface area contributed by atoms with Gasteiger partial charge in [-0.15, -0.1) is 0 Å². The van der Waals surface area contributed by atoms with Crippen molar-refractivity contribution in [1.29, 1.82) is 0 Å². The molecule has 4 rings (SSSR count). The highest BCUT2D eigenvalue weighted by Crippen LogP contribution is 2.68. The van der Waals surface area contributed by atoms with Gasteiger partial charge in [0.25, 0.3) is 0 Å². The fourth-order valence-electron chi connectivity index (χ4n) is 9.14. The molecule has 0 spiro atoms. The zero-order valence-corrected chi connectivity index (χ0v) is 21.9. The molecule has 0 aromatic rings. The van der Waals surface area contributed by atoms with Gasteiger partial charge in [-0.2, -0.15) is 0 Å². The van der Waals surface area contributed by atoms with E-state index in [1.54, 1.807) is 0 Å². The van der Waals surface area contributed by atoms with Crippen molar-refractivity contribution >= 4 is 5.78 Å². The van der Waals surface area contributed by atoms with Crippen molar-refractivity contribution in [1.82, 2.24) is 0 Å². The molecule has 10 atom stereocenters. The third-order valence-electron chi connectivity index (χ3n) is 11.9. The van der Waals surface area contributed by atoms with Crippen LogP contribution in [-0.4, -0.2) is 27.7 Å². The first-order valence-corrected chi connectivity index (χ1v) is 13.7. The van der Waals surface area contributed by atoms with E-state index in [2.05, 4.69) is 48.5 Å². The zero-order chi connectivity index (χ0) is 23.7. The minimum absolute atomic E-state index is 0.0275. The lowest BCUT2D eigenvalue weighted by atomic mass is 9.42. The summed E-state index contributed by atoms with van der Waals surface area (Å²) in [5.74, 6) is 3.73. The molecule has 0 radical (unpaired) electrons. The van der Waals surface area contributed by atoms with Gasteiger partial charge >= 0.3 is 0 Å². The molecule has 0 aliphatic heterocycles. The molecule has 0 bridgehead atoms. The summed E-state index contributed by atoms with van der Waals surface area (Å²) >= 11 is 0. The van der Waals surface area contributed by atoms with Crippen molar-refractivity contribution in [2.45, 2.75) is 124 Å². The molecule has 0 aromatic heterocycles. The van der Waals surface area contributed by atoms with E-state index in [4.69, 9.17) is 0 Å². The average molecular weight is 447 g/mol. The van der Waals surface area contributed by atoms with E-state index >= 15 is 0 Å². The molecule has 0 unspecified atom stereocenters. The second kappa shape index (κ2) is 8.08. The Hall–Kier alpha value is -0.410. The lowest BCUT2D eigenvalue weighted by Crippen LogP contribution is -2.67. The fourth-order valence-corrected chi connectivity index (χ4v) is 9.14. The summed E-state index contributed by atoms with van der Waals surface area (Å²) in [5.41, 5.74) is -0.957. The molecule has 184 valence electrons. The fraction of sp³-hybridized carbons (Fsp3) is 0.966. The summed E-state index contributed by atoms with van der Waals surface area (Å²) in [7, 11) is 0. The number of aliphatic hydroxyl groups excluding tert-OH is 1. The minimum atomic E-state index is -1.31. The van der Waals surface area contributed by atoms with Crippen molar-refractivity contribution in [2.24, 2.45) is 51.8 Å². The van der Waals surface area contributed by atoms with Gasteiger partial charge in [-0.25, -0.2) is 0 Å². The SMILES string of the molecule is C[C@H](CC[C@H](C)C(C)(C)C)[C@H]1CC[C@H]2[C@@H]3CC(=O)[C@@]4(O)C[C@@H](O)CC[C@]4(C)[C@H]3CC[C@]12C. The minimum Gasteiger partial charge on any atom is -0.393 e. The van der Waals surface area contributed by atoms with Crippen LogP contribution in [0.1, 0.15) is 113 Å². The molecule has 4 saturated carbocycles. The summed E-state index contributed by atoms with van der Waals surface area (Å²) < 4.78 is 0. The van der Waals surface area contributed by atoms with E-state index in [0.717, 1.165) is 37.0 Å². The second-order valence-corrected chi connectivity index (χ2v) is 14.2. The van der Waals surface area contributed by atoms with Crippen LogP contribution in [0, 0.1) is 51.8 Å². The standard InChI is InChI=1S/C29H50O3/c1-18(8-9-19(2)26(3,4)5)22-10-11-23-21-16-25(31)29(32)17-20(30)12-15-28(29,7)24(21)13-14-27(22,23)6/h18-24,30,32H,8-17H2,1-7H3/t18-,19+,20+,21+,22-,23+,24+,27-,28-,29+/m1/s1. The van der Waals surface area contributed by atoms with Crippen LogP contribution in [-0.2, 0) is 4.79 Å². The number of ketones is 1. The highest BCUT2D eigenvalue weighted by Gasteiger charge is 2.67. The Labute approximate surface area is 197 Å². The Balaban J connectivity index is 1.52. The number of hydrogen-bond donors (Lipinski definition) is 2. The number of carbonyl (C=O) groups excluding carboxylic acids is 1. The van der Waals surface area contributed by atoms with Crippen LogP contribution in [0.3, 0.4) is 0 Å². The molecule has 3 heteroatoms. The molecule has 3 nitrogen and oxygen atoms in total. The van der Waals surface area contributed by atoms with Crippen molar-refractivity contribution in [3.8, 4) is 0 Å². The van der Waals surface area contributed by atoms with Crippen molar-refractivity contribution in [2.75, 3.05) is 0 Å². The van der Waals surface area contributed by atoms with Gasteiger partial charge in [0.05, 0.1) is 6.10 Å². The van der Waals surface area contributed by atoms with Crippen LogP contribution < -0.4 is 0 Å². The summed E-state index contributed by atoms with van der Waals surface area (Å²) in [5, 5.41) is 21.8. The van der Waals surface area contributed by atoms with E-state index in [9.17, 15) is 15.0 Å². The van der Waals surface area contributed by atoms with E-state index in [0.29, 0.717) is 35.0 Å². The molecule has 0 amide bonds. The van der Waals surface area contributed by atoms with E-state index in [-0.39, 0.29) is 17.6 Å². The quantitative estimate of drug-likeness (QED) is 0.525. The van der Waals surface area contributed by atoms with E-state index in [1.165, 1.54) is 32.1 Å². The third kappa shape index (κ3) is 3.63. The molecular weight excluding hydrogens is 396 g/mol. The van der Waals surface area contributed by atoms with Crippen LogP contribution in [0.25, 0.3) is 0 Å². The lowest BCUT2D eigenvalue weighted by Gasteiger charge is -2.63. The molecule has 32 heavy (non-hydrogen) atoms. The number of carbonyl (C=O) groups is 1. The number of aliphatic hydroxyl groups is 2. The first kappa shape index (κ1) is 24.7. The normalized spacial score (nSPS) is 48.5. The lowest BCUT2D eigenvalue weighted by molar-refractivity contribution is -0.213. The average Bonchev–Trinajstić information content (AvgIpc) is 3.05. The first-order valence-electron chi connectivity index (χ1n) is 13.7. The van der Waals surface area contributed by atoms with Crippen molar-refractivity contribution < 1.29 is 15.0 Å². The second-order valence-electron chi connectivity index (χ2n) is 14.2. The zero-order valence-electron chi connectivity index (χ0n) is 21.9. The van der Waals surface area contributed by atoms with Crippen LogP contribution in [0.4, 0.5) is 0 Å². The van der Waals surface area contributed by atoms with Gasteiger partial charge in [-0.05, 0) is 91.3 Å². The third-order valence-corrected chi connectivity index (χ3v) is 11.9. The molecule has 0 saturated heterocycles. The van der Waals surface area contributed by atoms with Crippen LogP contribution in [0.2, 0.25) is 0 Å². The number of fused-ring (bicyclic) bond motifs is 5. The van der Waals surface area contributed by atoms with E-state index < -0.39 is 11.7 Å². The number of rotatable bonds is 4. The smallest absolute Gasteiger partial charge is 0.165 e. The Kier molecular flexibility index (Phi) is 6.23. The first-order chi connectivity index (χ1) is 14.7. The van der Waals surface area contributed by atoms with Crippen molar-refractivity contribution in [3.63, 3.8) is 0 Å². The molecule has 2 N–H and O–H groups in total. The van der Waals surface area contributed by atoms with Gasteiger partial charge in [0.15, 0.2) is 5.78 Å². The molecule has 0 aromatic carbocycles. The molecular formula is C29H50O3. The van der Waals surface area contributed by atoms with Crippen molar-refractivity contribution in [3.05, 3.63) is 0 Å². The summed E-state index contributed by atoms with van der Waals surface area (Å²) in [4.78, 5) is 13.4. The molecule has 4 aliphatic carbocycles. The van der Waals surface area contributed by atoms with Gasteiger partial charge in [0.1, 0.15) is 5.60 Å². The predicted molar refractivity (Wildman–Crippen MR) is 130 cm³/mol. The molecule has 0 heterocycles. The van der Waals surface area contributed by atoms with Gasteiger partial charge in [-0.1, -0.05) is 54.9 Å². The Morgan fingerprint density at radius 1 is 1.00 bits per heavy atom. The summed E-state index contributed by atoms with van der Waals surface area (Å²) in [6, 6.07) is 0. The van der Waals surface area contributed by atoms with Gasteiger partial charge in [-0.3, -0.25) is 4.79 Å². The predicted octanol–water partition coefficient (Wildman–Crippen LogP) is 6.40. The Bertz CT molecular complexity index is 724. The topological polar surface area (TPSA) is 57.5 Å². The number of hydrogen-bond acceptors (Lipinski definition) is 3. The largest absolute Gasteiger partial charge is 0.393 e. The summed E-state index contributed by atoms with van der Waals surface area (Å²) in [6.45, 7) is 16.7. The Morgan fingerprint density at radius 2 is 1.69 bits per heavy atom. The highest BCUT2D eigenvalue weighted by atomic mass is 16.3. The molecule has 4 aliphatic rings. The number of Topliss-reactive ketones (excluding diaryl/α,β-unsaturated/α-hetero) is 1. The summed E-state index contributed by atoms with van der Waals surface area (Å²) in [6.07, 6.45) is 9.32. The van der Waals surface area contributed by atoms with Gasteiger partial charge in [0, 0.05) is 18.3 Å².